The number of nitrogens with one attached hydrogen (secondary N) is 2. The fourth-order valence-electron chi connectivity index (χ4n) is 2.71. The predicted octanol–water partition coefficient (Wildman–Crippen LogP) is 3.74. The molecule has 2 aromatic carbocycles. The van der Waals surface area contributed by atoms with Crippen molar-refractivity contribution in [2.24, 2.45) is 11.8 Å². The van der Waals surface area contributed by atoms with E-state index in [1.807, 2.05) is 0 Å². The zero-order chi connectivity index (χ0) is 19.6. The molecular weight excluding hydrogens is 364 g/mol. The molecule has 2 atom stereocenters. The van der Waals surface area contributed by atoms with Crippen LogP contribution in [-0.4, -0.2) is 11.8 Å². The van der Waals surface area contributed by atoms with Crippen LogP contribution in [0, 0.1) is 17.7 Å². The van der Waals surface area contributed by atoms with Gasteiger partial charge in [-0.1, -0.05) is 18.2 Å². The predicted molar refractivity (Wildman–Crippen MR) is 89.9 cm³/mol. The van der Waals surface area contributed by atoms with Crippen LogP contribution in [-0.2, 0) is 22.3 Å². The summed E-state index contributed by atoms with van der Waals surface area (Å²) < 4.78 is 51.1. The number of alkyl halides is 3. The van der Waals surface area contributed by atoms with Crippen molar-refractivity contribution in [2.75, 3.05) is 5.32 Å². The summed E-state index contributed by atoms with van der Waals surface area (Å²) in [6.07, 6.45) is -4.10. The Labute approximate surface area is 152 Å². The number of amides is 2. The Morgan fingerprint density at radius 3 is 2.22 bits per heavy atom. The molecule has 0 spiro atoms. The smallest absolute Gasteiger partial charge is 0.352 e. The van der Waals surface area contributed by atoms with Gasteiger partial charge in [-0.2, -0.15) is 13.2 Å². The van der Waals surface area contributed by atoms with Gasteiger partial charge in [0.05, 0.1) is 17.4 Å². The number of anilines is 1. The molecule has 2 amide bonds. The maximum absolute atomic E-state index is 13.5. The lowest BCUT2D eigenvalue weighted by Crippen LogP contribution is -2.27. The molecule has 0 bridgehead atoms. The fraction of sp³-hybridized carbons (Fsp3) is 0.263. The van der Waals surface area contributed by atoms with Gasteiger partial charge in [-0.15, -0.1) is 0 Å². The van der Waals surface area contributed by atoms with Crippen LogP contribution in [0.15, 0.2) is 48.5 Å². The van der Waals surface area contributed by atoms with Crippen LogP contribution in [0.25, 0.3) is 0 Å². The van der Waals surface area contributed by atoms with E-state index in [4.69, 9.17) is 0 Å². The quantitative estimate of drug-likeness (QED) is 0.777. The van der Waals surface area contributed by atoms with Crippen LogP contribution in [0.4, 0.5) is 23.2 Å². The van der Waals surface area contributed by atoms with Gasteiger partial charge in [0.25, 0.3) is 0 Å². The van der Waals surface area contributed by atoms with E-state index < -0.39 is 35.3 Å². The van der Waals surface area contributed by atoms with Crippen molar-refractivity contribution in [3.05, 3.63) is 65.5 Å². The maximum Gasteiger partial charge on any atom is 0.416 e. The maximum atomic E-state index is 13.5. The van der Waals surface area contributed by atoms with Crippen LogP contribution >= 0.6 is 0 Å². The molecule has 27 heavy (non-hydrogen) atoms. The third kappa shape index (κ3) is 4.64. The molecule has 0 heterocycles. The fourth-order valence-corrected chi connectivity index (χ4v) is 2.71. The second kappa shape index (κ2) is 7.38. The zero-order valence-electron chi connectivity index (χ0n) is 14.0. The van der Waals surface area contributed by atoms with E-state index >= 15 is 0 Å². The summed E-state index contributed by atoms with van der Waals surface area (Å²) in [6.45, 7) is 0.0231. The van der Waals surface area contributed by atoms with Gasteiger partial charge in [0.1, 0.15) is 5.82 Å². The molecule has 1 fully saturated rings. The van der Waals surface area contributed by atoms with E-state index in [1.54, 1.807) is 18.2 Å². The summed E-state index contributed by atoms with van der Waals surface area (Å²) in [6, 6.07) is 10.1. The Balaban J connectivity index is 1.50. The van der Waals surface area contributed by atoms with Gasteiger partial charge in [0, 0.05) is 17.8 Å². The molecule has 0 saturated heterocycles. The Hall–Kier alpha value is -2.90. The lowest BCUT2D eigenvalue weighted by atomic mass is 10.2. The van der Waals surface area contributed by atoms with Gasteiger partial charge in [-0.05, 0) is 36.8 Å². The molecule has 2 N–H and O–H groups in total. The minimum atomic E-state index is -4.44. The van der Waals surface area contributed by atoms with Gasteiger partial charge >= 0.3 is 6.18 Å². The van der Waals surface area contributed by atoms with Crippen LogP contribution in [0.3, 0.4) is 0 Å². The lowest BCUT2D eigenvalue weighted by molar-refractivity contribution is -0.137. The van der Waals surface area contributed by atoms with E-state index in [1.165, 1.54) is 6.07 Å². The third-order valence-electron chi connectivity index (χ3n) is 4.35. The normalized spacial score (nSPS) is 18.7. The van der Waals surface area contributed by atoms with Crippen molar-refractivity contribution in [2.45, 2.75) is 19.1 Å². The minimum Gasteiger partial charge on any atom is -0.352 e. The summed E-state index contributed by atoms with van der Waals surface area (Å²) in [5.41, 5.74) is -0.236. The molecule has 1 aliphatic rings. The van der Waals surface area contributed by atoms with Crippen molar-refractivity contribution >= 4 is 17.5 Å². The van der Waals surface area contributed by atoms with Gasteiger partial charge in [-0.25, -0.2) is 4.39 Å². The number of hydrogen-bond donors (Lipinski definition) is 2. The minimum absolute atomic E-state index is 0.0231. The van der Waals surface area contributed by atoms with E-state index in [-0.39, 0.29) is 18.1 Å². The SMILES string of the molecule is O=C(NCc1ccccc1F)C1CC1C(=O)Nc1ccc(C(F)(F)F)cc1. The molecule has 2 unspecified atom stereocenters. The van der Waals surface area contributed by atoms with Gasteiger partial charge in [0.15, 0.2) is 0 Å². The van der Waals surface area contributed by atoms with Gasteiger partial charge in [-0.3, -0.25) is 9.59 Å². The van der Waals surface area contributed by atoms with Gasteiger partial charge in [0.2, 0.25) is 11.8 Å². The second-order valence-corrected chi connectivity index (χ2v) is 6.32. The van der Waals surface area contributed by atoms with E-state index in [9.17, 15) is 27.2 Å². The van der Waals surface area contributed by atoms with Crippen molar-refractivity contribution in [3.63, 3.8) is 0 Å². The third-order valence-corrected chi connectivity index (χ3v) is 4.35. The molecule has 0 radical (unpaired) electrons. The molecule has 0 aromatic heterocycles. The van der Waals surface area contributed by atoms with Crippen molar-refractivity contribution in [1.29, 1.82) is 0 Å². The Bertz CT molecular complexity index is 850. The molecule has 4 nitrogen and oxygen atoms in total. The average Bonchev–Trinajstić information content (AvgIpc) is 3.41. The number of carbonyl (C=O) groups excluding carboxylic acids is 2. The summed E-state index contributed by atoms with van der Waals surface area (Å²) in [7, 11) is 0. The standard InChI is InChI=1S/C19H16F4N2O2/c20-16-4-2-1-3-11(16)10-24-17(26)14-9-15(14)18(27)25-13-7-5-12(6-8-13)19(21,22)23/h1-8,14-15H,9-10H2,(H,24,26)(H,25,27). The summed E-state index contributed by atoms with van der Waals surface area (Å²) >= 11 is 0. The molecule has 0 aliphatic heterocycles. The number of halogens is 4. The van der Waals surface area contributed by atoms with Crippen LogP contribution in [0.2, 0.25) is 0 Å². The highest BCUT2D eigenvalue weighted by molar-refractivity contribution is 5.99. The first-order valence-corrected chi connectivity index (χ1v) is 8.25. The van der Waals surface area contributed by atoms with E-state index in [2.05, 4.69) is 10.6 Å². The second-order valence-electron chi connectivity index (χ2n) is 6.32. The number of benzene rings is 2. The summed E-state index contributed by atoms with van der Waals surface area (Å²) in [5, 5.41) is 5.09. The topological polar surface area (TPSA) is 58.2 Å². The first-order valence-electron chi connectivity index (χ1n) is 8.25. The van der Waals surface area contributed by atoms with Crippen molar-refractivity contribution < 1.29 is 27.2 Å². The molecular formula is C19H16F4N2O2. The molecule has 2 aromatic rings. The monoisotopic (exact) mass is 380 g/mol. The molecule has 3 rings (SSSR count). The Kier molecular flexibility index (Phi) is 5.16. The highest BCUT2D eigenvalue weighted by Crippen LogP contribution is 2.39. The highest BCUT2D eigenvalue weighted by atomic mass is 19.4. The van der Waals surface area contributed by atoms with E-state index in [0.29, 0.717) is 12.0 Å². The summed E-state index contributed by atoms with van der Waals surface area (Å²) in [4.78, 5) is 24.2. The largest absolute Gasteiger partial charge is 0.416 e. The Morgan fingerprint density at radius 2 is 1.59 bits per heavy atom. The summed E-state index contributed by atoms with van der Waals surface area (Å²) in [5.74, 6) is -2.28. The molecule has 1 saturated carbocycles. The number of rotatable bonds is 5. The highest BCUT2D eigenvalue weighted by Gasteiger charge is 2.48. The van der Waals surface area contributed by atoms with Crippen LogP contribution in [0.1, 0.15) is 17.5 Å². The Morgan fingerprint density at radius 1 is 0.963 bits per heavy atom. The van der Waals surface area contributed by atoms with Crippen molar-refractivity contribution in [1.82, 2.24) is 5.32 Å². The number of carbonyl (C=O) groups is 2. The van der Waals surface area contributed by atoms with Gasteiger partial charge < -0.3 is 10.6 Å². The first kappa shape index (κ1) is 18.9. The molecule has 8 heteroatoms. The van der Waals surface area contributed by atoms with Crippen LogP contribution in [0.5, 0.6) is 0 Å². The number of hydrogen-bond acceptors (Lipinski definition) is 2. The molecule has 1 aliphatic carbocycles. The van der Waals surface area contributed by atoms with E-state index in [0.717, 1.165) is 24.3 Å². The zero-order valence-corrected chi connectivity index (χ0v) is 14.0. The molecule has 142 valence electrons. The lowest BCUT2D eigenvalue weighted by Gasteiger charge is -2.09. The van der Waals surface area contributed by atoms with Crippen molar-refractivity contribution in [3.8, 4) is 0 Å². The first-order chi connectivity index (χ1) is 12.8. The average molecular weight is 380 g/mol. The van der Waals surface area contributed by atoms with Crippen LogP contribution < -0.4 is 10.6 Å².